The minimum absolute atomic E-state index is 0.169. The van der Waals surface area contributed by atoms with Crippen molar-refractivity contribution in [3.63, 3.8) is 0 Å². The predicted octanol–water partition coefficient (Wildman–Crippen LogP) is 2.03. The highest BCUT2D eigenvalue weighted by Crippen LogP contribution is 2.25. The van der Waals surface area contributed by atoms with Crippen LogP contribution in [0.25, 0.3) is 0 Å². The Morgan fingerprint density at radius 1 is 1.52 bits per heavy atom. The predicted molar refractivity (Wildman–Crippen MR) is 91.9 cm³/mol. The third kappa shape index (κ3) is 4.81. The molecule has 1 saturated heterocycles. The summed E-state index contributed by atoms with van der Waals surface area (Å²) in [5.74, 6) is 1.09. The third-order valence-electron chi connectivity index (χ3n) is 4.38. The maximum absolute atomic E-state index is 14.0. The number of hydrogen-bond donors (Lipinski definition) is 0. The third-order valence-corrected chi connectivity index (χ3v) is 5.30. The molecule has 7 nitrogen and oxygen atoms in total. The number of hydrogen-bond acceptors (Lipinski definition) is 8. The Morgan fingerprint density at radius 2 is 2.36 bits per heavy atom. The van der Waals surface area contributed by atoms with E-state index in [1.165, 1.54) is 4.88 Å². The summed E-state index contributed by atoms with van der Waals surface area (Å²) in [4.78, 5) is 14.1. The van der Waals surface area contributed by atoms with Gasteiger partial charge in [0.1, 0.15) is 12.8 Å². The number of methoxy groups -OCH3 is 1. The van der Waals surface area contributed by atoms with Gasteiger partial charge in [-0.25, -0.2) is 9.37 Å². The molecule has 0 spiro atoms. The van der Waals surface area contributed by atoms with Crippen LogP contribution in [0.2, 0.25) is 0 Å². The zero-order chi connectivity index (χ0) is 17.8. The number of aromatic nitrogens is 3. The van der Waals surface area contributed by atoms with Gasteiger partial charge in [-0.1, -0.05) is 5.16 Å². The van der Waals surface area contributed by atoms with Crippen molar-refractivity contribution < 1.29 is 13.7 Å². The summed E-state index contributed by atoms with van der Waals surface area (Å²) in [6.45, 7) is 4.87. The first-order valence-electron chi connectivity index (χ1n) is 8.31. The number of rotatable bonds is 8. The molecule has 0 amide bonds. The van der Waals surface area contributed by atoms with Crippen molar-refractivity contribution in [3.05, 3.63) is 27.8 Å². The van der Waals surface area contributed by atoms with Crippen LogP contribution in [0.5, 0.6) is 0 Å². The molecule has 3 heterocycles. The molecule has 1 fully saturated rings. The number of ether oxygens (including phenoxy) is 1. The number of aryl methyl sites for hydroxylation is 1. The van der Waals surface area contributed by atoms with E-state index < -0.39 is 6.17 Å². The summed E-state index contributed by atoms with van der Waals surface area (Å²) in [5.41, 5.74) is 2.89. The molecule has 0 radical (unpaired) electrons. The standard InChI is InChI=1S/C16H24FN5O2S/c1-11-14(25-10-18-11)7-22-5-12(17)4-13(22)6-21(2)8-16-19-15(9-23-3)20-24-16/h10,12-13H,4-9H2,1-3H3/t12-,13-/m0/s1. The summed E-state index contributed by atoms with van der Waals surface area (Å²) in [6, 6.07) is 0.169. The molecule has 1 aliphatic rings. The zero-order valence-electron chi connectivity index (χ0n) is 14.8. The van der Waals surface area contributed by atoms with Crippen LogP contribution in [-0.4, -0.2) is 64.4 Å². The van der Waals surface area contributed by atoms with Gasteiger partial charge in [0.25, 0.3) is 0 Å². The van der Waals surface area contributed by atoms with E-state index in [1.54, 1.807) is 18.4 Å². The number of nitrogens with zero attached hydrogens (tertiary/aromatic N) is 5. The first-order chi connectivity index (χ1) is 12.0. The first kappa shape index (κ1) is 18.4. The lowest BCUT2D eigenvalue weighted by Crippen LogP contribution is -2.38. The lowest BCUT2D eigenvalue weighted by Gasteiger charge is -2.27. The average molecular weight is 369 g/mol. The van der Waals surface area contributed by atoms with Crippen molar-refractivity contribution in [3.8, 4) is 0 Å². The van der Waals surface area contributed by atoms with E-state index in [1.807, 2.05) is 19.5 Å². The number of likely N-dealkylation sites (N-methyl/N-ethyl adjacent to an activating group) is 1. The monoisotopic (exact) mass is 369 g/mol. The Kier molecular flexibility index (Phi) is 6.10. The molecule has 0 saturated carbocycles. The van der Waals surface area contributed by atoms with Gasteiger partial charge in [-0.2, -0.15) is 4.98 Å². The van der Waals surface area contributed by atoms with E-state index in [0.717, 1.165) is 18.8 Å². The normalized spacial score (nSPS) is 21.5. The van der Waals surface area contributed by atoms with Gasteiger partial charge < -0.3 is 9.26 Å². The van der Waals surface area contributed by atoms with Crippen LogP contribution in [0.1, 0.15) is 28.7 Å². The minimum atomic E-state index is -0.775. The van der Waals surface area contributed by atoms with Crippen LogP contribution in [0.4, 0.5) is 4.39 Å². The molecule has 9 heteroatoms. The maximum Gasteiger partial charge on any atom is 0.240 e. The summed E-state index contributed by atoms with van der Waals surface area (Å²) >= 11 is 1.63. The molecule has 2 aromatic rings. The molecule has 3 rings (SSSR count). The molecule has 138 valence electrons. The van der Waals surface area contributed by atoms with E-state index in [0.29, 0.717) is 37.8 Å². The fraction of sp³-hybridized carbons (Fsp3) is 0.688. The number of likely N-dealkylation sites (tertiary alicyclic amines) is 1. The lowest BCUT2D eigenvalue weighted by molar-refractivity contribution is 0.169. The van der Waals surface area contributed by atoms with E-state index in [2.05, 4.69) is 24.9 Å². The topological polar surface area (TPSA) is 67.5 Å². The van der Waals surface area contributed by atoms with E-state index >= 15 is 0 Å². The largest absolute Gasteiger partial charge is 0.377 e. The van der Waals surface area contributed by atoms with Crippen molar-refractivity contribution in [2.75, 3.05) is 27.2 Å². The summed E-state index contributed by atoms with van der Waals surface area (Å²) in [5, 5.41) is 3.86. The molecule has 1 aliphatic heterocycles. The van der Waals surface area contributed by atoms with Gasteiger partial charge in [0, 0.05) is 37.7 Å². The SMILES string of the molecule is COCc1noc(CN(C)C[C@@H]2C[C@H](F)CN2Cc2scnc2C)n1. The fourth-order valence-electron chi connectivity index (χ4n) is 3.17. The van der Waals surface area contributed by atoms with Crippen molar-refractivity contribution in [2.24, 2.45) is 0 Å². The van der Waals surface area contributed by atoms with Crippen LogP contribution in [-0.2, 0) is 24.4 Å². The number of alkyl halides is 1. The first-order valence-corrected chi connectivity index (χ1v) is 9.19. The molecule has 0 aromatic carbocycles. The van der Waals surface area contributed by atoms with Crippen LogP contribution >= 0.6 is 11.3 Å². The fourth-order valence-corrected chi connectivity index (χ4v) is 3.97. The van der Waals surface area contributed by atoms with Crippen LogP contribution in [0, 0.1) is 6.92 Å². The molecule has 25 heavy (non-hydrogen) atoms. The molecule has 0 unspecified atom stereocenters. The smallest absolute Gasteiger partial charge is 0.240 e. The van der Waals surface area contributed by atoms with Gasteiger partial charge in [0.05, 0.1) is 17.7 Å². The Bertz CT molecular complexity index is 679. The van der Waals surface area contributed by atoms with Gasteiger partial charge in [0.2, 0.25) is 5.89 Å². The van der Waals surface area contributed by atoms with E-state index in [4.69, 9.17) is 9.26 Å². The van der Waals surface area contributed by atoms with Gasteiger partial charge in [-0.3, -0.25) is 9.80 Å². The van der Waals surface area contributed by atoms with E-state index in [9.17, 15) is 4.39 Å². The summed E-state index contributed by atoms with van der Waals surface area (Å²) in [6.07, 6.45) is -0.218. The number of halogens is 1. The highest BCUT2D eigenvalue weighted by atomic mass is 32.1. The molecule has 2 atom stereocenters. The van der Waals surface area contributed by atoms with Crippen molar-refractivity contribution >= 4 is 11.3 Å². The van der Waals surface area contributed by atoms with Crippen molar-refractivity contribution in [1.82, 2.24) is 24.9 Å². The van der Waals surface area contributed by atoms with Gasteiger partial charge in [-0.15, -0.1) is 11.3 Å². The second kappa shape index (κ2) is 8.31. The quantitative estimate of drug-likeness (QED) is 0.705. The molecule has 0 N–H and O–H groups in total. The van der Waals surface area contributed by atoms with E-state index in [-0.39, 0.29) is 6.04 Å². The molecular formula is C16H24FN5O2S. The van der Waals surface area contributed by atoms with Crippen LogP contribution in [0.15, 0.2) is 10.0 Å². The van der Waals surface area contributed by atoms with Gasteiger partial charge in [-0.05, 0) is 20.4 Å². The van der Waals surface area contributed by atoms with Crippen LogP contribution < -0.4 is 0 Å². The Morgan fingerprint density at radius 3 is 3.08 bits per heavy atom. The van der Waals surface area contributed by atoms with Crippen molar-refractivity contribution in [1.29, 1.82) is 0 Å². The molecular weight excluding hydrogens is 345 g/mol. The second-order valence-corrected chi connectivity index (χ2v) is 7.45. The summed E-state index contributed by atoms with van der Waals surface area (Å²) < 4.78 is 24.2. The lowest BCUT2D eigenvalue weighted by atomic mass is 10.2. The maximum atomic E-state index is 14.0. The molecule has 2 aromatic heterocycles. The van der Waals surface area contributed by atoms with Crippen LogP contribution in [0.3, 0.4) is 0 Å². The van der Waals surface area contributed by atoms with Gasteiger partial charge >= 0.3 is 0 Å². The Labute approximate surface area is 150 Å². The average Bonchev–Trinajstić information content (AvgIpc) is 3.24. The molecule has 0 bridgehead atoms. The molecule has 0 aliphatic carbocycles. The minimum Gasteiger partial charge on any atom is -0.377 e. The Hall–Kier alpha value is -1.42. The Balaban J connectivity index is 1.56. The summed E-state index contributed by atoms with van der Waals surface area (Å²) in [7, 11) is 3.58. The number of thiazole rings is 1. The van der Waals surface area contributed by atoms with Gasteiger partial charge in [0.15, 0.2) is 5.82 Å². The zero-order valence-corrected chi connectivity index (χ0v) is 15.6. The highest BCUT2D eigenvalue weighted by Gasteiger charge is 2.33. The second-order valence-electron chi connectivity index (χ2n) is 6.51. The van der Waals surface area contributed by atoms with Crippen molar-refractivity contribution in [2.45, 2.75) is 45.3 Å². The highest BCUT2D eigenvalue weighted by molar-refractivity contribution is 7.09.